The molecule has 0 atom stereocenters. The maximum absolute atomic E-state index is 5.69. The van der Waals surface area contributed by atoms with Gasteiger partial charge in [-0.15, -0.1) is 11.8 Å². The van der Waals surface area contributed by atoms with Crippen molar-refractivity contribution in [1.82, 2.24) is 15.2 Å². The second kappa shape index (κ2) is 11.5. The second-order valence-corrected chi connectivity index (χ2v) is 6.79. The highest BCUT2D eigenvalue weighted by Crippen LogP contribution is 2.16. The minimum Gasteiger partial charge on any atom is -0.475 e. The van der Waals surface area contributed by atoms with Gasteiger partial charge in [-0.05, 0) is 30.0 Å². The number of benzene rings is 1. The van der Waals surface area contributed by atoms with Crippen LogP contribution in [0, 0.1) is 0 Å². The Bertz CT molecular complexity index is 722. The molecule has 0 fully saturated rings. The molecule has 1 aromatic carbocycles. The summed E-state index contributed by atoms with van der Waals surface area (Å²) in [6.45, 7) is 2.36. The van der Waals surface area contributed by atoms with Gasteiger partial charge in [0.05, 0.1) is 6.61 Å². The van der Waals surface area contributed by atoms with Crippen molar-refractivity contribution in [1.29, 1.82) is 0 Å². The average Bonchev–Trinajstić information content (AvgIpc) is 2.70. The summed E-state index contributed by atoms with van der Waals surface area (Å²) in [7, 11) is 5.46. The number of aromatic nitrogens is 1. The van der Waals surface area contributed by atoms with Gasteiger partial charge < -0.3 is 19.7 Å². The fourth-order valence-electron chi connectivity index (χ4n) is 2.55. The van der Waals surface area contributed by atoms with Gasteiger partial charge in [0.25, 0.3) is 0 Å². The van der Waals surface area contributed by atoms with Gasteiger partial charge in [0, 0.05) is 51.0 Å². The van der Waals surface area contributed by atoms with Crippen LogP contribution in [-0.4, -0.2) is 56.5 Å². The Morgan fingerprint density at radius 1 is 1.22 bits per heavy atom. The first-order valence-corrected chi connectivity index (χ1v) is 10.0. The van der Waals surface area contributed by atoms with Gasteiger partial charge >= 0.3 is 0 Å². The first-order valence-electron chi connectivity index (χ1n) is 8.78. The number of thioether (sulfide) groups is 1. The normalized spacial score (nSPS) is 11.3. The van der Waals surface area contributed by atoms with E-state index in [1.54, 1.807) is 32.1 Å². The number of hydrogen-bond acceptors (Lipinski definition) is 5. The maximum Gasteiger partial charge on any atom is 0.218 e. The van der Waals surface area contributed by atoms with E-state index in [1.165, 1.54) is 10.5 Å². The van der Waals surface area contributed by atoms with Gasteiger partial charge in [-0.25, -0.2) is 4.98 Å². The van der Waals surface area contributed by atoms with E-state index in [4.69, 9.17) is 9.47 Å². The Balaban J connectivity index is 1.94. The highest BCUT2D eigenvalue weighted by Gasteiger charge is 2.10. The Morgan fingerprint density at radius 3 is 2.67 bits per heavy atom. The van der Waals surface area contributed by atoms with Crippen molar-refractivity contribution in [2.24, 2.45) is 4.99 Å². The van der Waals surface area contributed by atoms with Gasteiger partial charge in [0.15, 0.2) is 5.96 Å². The number of nitrogens with zero attached hydrogens (tertiary/aromatic N) is 3. The van der Waals surface area contributed by atoms with Crippen LogP contribution in [0.15, 0.2) is 52.5 Å². The summed E-state index contributed by atoms with van der Waals surface area (Å²) in [6, 6.07) is 12.5. The van der Waals surface area contributed by atoms with Gasteiger partial charge in [0.2, 0.25) is 5.88 Å². The summed E-state index contributed by atoms with van der Waals surface area (Å²) in [6.07, 6.45) is 3.81. The van der Waals surface area contributed by atoms with Gasteiger partial charge in [-0.2, -0.15) is 0 Å². The zero-order valence-electron chi connectivity index (χ0n) is 16.4. The molecule has 0 amide bonds. The summed E-state index contributed by atoms with van der Waals surface area (Å²) in [4.78, 5) is 12.1. The number of ether oxygens (including phenoxy) is 2. The Kier molecular flexibility index (Phi) is 8.94. The zero-order chi connectivity index (χ0) is 19.5. The predicted octanol–water partition coefficient (Wildman–Crippen LogP) is 3.04. The Morgan fingerprint density at radius 2 is 2.00 bits per heavy atom. The molecular formula is C20H28N4O2S. The fraction of sp³-hybridized carbons (Fsp3) is 0.400. The lowest BCUT2D eigenvalue weighted by atomic mass is 10.2. The molecule has 0 spiro atoms. The predicted molar refractivity (Wildman–Crippen MR) is 111 cm³/mol. The van der Waals surface area contributed by atoms with Crippen LogP contribution in [0.1, 0.15) is 11.1 Å². The summed E-state index contributed by atoms with van der Waals surface area (Å²) >= 11 is 1.75. The Hall–Kier alpha value is -2.25. The first-order chi connectivity index (χ1) is 13.2. The molecule has 0 aliphatic rings. The lowest BCUT2D eigenvalue weighted by Crippen LogP contribution is -2.38. The van der Waals surface area contributed by atoms with Crippen LogP contribution in [0.2, 0.25) is 0 Å². The van der Waals surface area contributed by atoms with E-state index in [9.17, 15) is 0 Å². The molecule has 0 unspecified atom stereocenters. The van der Waals surface area contributed by atoms with E-state index in [0.717, 1.165) is 18.1 Å². The van der Waals surface area contributed by atoms with Crippen LogP contribution in [0.4, 0.5) is 0 Å². The molecule has 1 N–H and O–H groups in total. The third kappa shape index (κ3) is 6.77. The number of pyridine rings is 1. The van der Waals surface area contributed by atoms with Crippen LogP contribution in [0.25, 0.3) is 0 Å². The quantitative estimate of drug-likeness (QED) is 0.308. The molecule has 0 bridgehead atoms. The lowest BCUT2D eigenvalue weighted by Gasteiger charge is -2.22. The van der Waals surface area contributed by atoms with Crippen molar-refractivity contribution in [3.63, 3.8) is 0 Å². The molecule has 0 aliphatic heterocycles. The zero-order valence-corrected chi connectivity index (χ0v) is 17.3. The van der Waals surface area contributed by atoms with Crippen molar-refractivity contribution >= 4 is 17.7 Å². The number of rotatable bonds is 9. The van der Waals surface area contributed by atoms with Gasteiger partial charge in [-0.1, -0.05) is 18.2 Å². The monoisotopic (exact) mass is 388 g/mol. The van der Waals surface area contributed by atoms with E-state index in [0.29, 0.717) is 25.6 Å². The SMILES string of the molecule is CN=C(NCc1cccnc1OCCOC)N(C)Cc1ccc(SC)cc1. The smallest absolute Gasteiger partial charge is 0.218 e. The molecule has 146 valence electrons. The van der Waals surface area contributed by atoms with E-state index in [1.807, 2.05) is 19.2 Å². The lowest BCUT2D eigenvalue weighted by molar-refractivity contribution is 0.143. The molecule has 1 heterocycles. The molecule has 2 aromatic rings. The molecule has 0 saturated carbocycles. The largest absolute Gasteiger partial charge is 0.475 e. The average molecular weight is 389 g/mol. The molecule has 7 heteroatoms. The van der Waals surface area contributed by atoms with Crippen LogP contribution in [-0.2, 0) is 17.8 Å². The van der Waals surface area contributed by atoms with Gasteiger partial charge in [0.1, 0.15) is 6.61 Å². The summed E-state index contributed by atoms with van der Waals surface area (Å²) in [5.74, 6) is 1.43. The molecule has 0 radical (unpaired) electrons. The maximum atomic E-state index is 5.69. The molecule has 6 nitrogen and oxygen atoms in total. The Labute approximate surface area is 166 Å². The van der Waals surface area contributed by atoms with E-state index < -0.39 is 0 Å². The van der Waals surface area contributed by atoms with Crippen LogP contribution in [0.5, 0.6) is 5.88 Å². The minimum atomic E-state index is 0.473. The van der Waals surface area contributed by atoms with Crippen molar-refractivity contribution in [3.8, 4) is 5.88 Å². The van der Waals surface area contributed by atoms with Crippen LogP contribution < -0.4 is 10.1 Å². The fourth-order valence-corrected chi connectivity index (χ4v) is 2.96. The molecular weight excluding hydrogens is 360 g/mol. The number of methoxy groups -OCH3 is 1. The number of guanidine groups is 1. The van der Waals surface area contributed by atoms with Crippen LogP contribution in [0.3, 0.4) is 0 Å². The number of aliphatic imine (C=N–C) groups is 1. The van der Waals surface area contributed by atoms with E-state index in [-0.39, 0.29) is 0 Å². The molecule has 2 rings (SSSR count). The van der Waals surface area contributed by atoms with Crippen LogP contribution >= 0.6 is 11.8 Å². The third-order valence-electron chi connectivity index (χ3n) is 3.97. The minimum absolute atomic E-state index is 0.473. The third-order valence-corrected chi connectivity index (χ3v) is 4.71. The summed E-state index contributed by atoms with van der Waals surface area (Å²) < 4.78 is 10.7. The van der Waals surface area contributed by atoms with Crippen molar-refractivity contribution in [3.05, 3.63) is 53.7 Å². The molecule has 1 aromatic heterocycles. The molecule has 27 heavy (non-hydrogen) atoms. The molecule has 0 aliphatic carbocycles. The summed E-state index contributed by atoms with van der Waals surface area (Å²) in [5, 5.41) is 3.38. The number of hydrogen-bond donors (Lipinski definition) is 1. The van der Waals surface area contributed by atoms with E-state index >= 15 is 0 Å². The summed E-state index contributed by atoms with van der Waals surface area (Å²) in [5.41, 5.74) is 2.22. The van der Waals surface area contributed by atoms with Crippen molar-refractivity contribution < 1.29 is 9.47 Å². The standard InChI is InChI=1S/C20H28N4O2S/c1-21-20(24(2)15-16-7-9-18(27-4)10-8-16)23-14-17-6-5-11-22-19(17)26-13-12-25-3/h5-11H,12-15H2,1-4H3,(H,21,23). The highest BCUT2D eigenvalue weighted by atomic mass is 32.2. The topological polar surface area (TPSA) is 59.0 Å². The van der Waals surface area contributed by atoms with Gasteiger partial charge in [-0.3, -0.25) is 4.99 Å². The van der Waals surface area contributed by atoms with Crippen molar-refractivity contribution in [2.45, 2.75) is 18.0 Å². The number of nitrogens with one attached hydrogen (secondary N) is 1. The highest BCUT2D eigenvalue weighted by molar-refractivity contribution is 7.98. The first kappa shape index (κ1) is 21.1. The van der Waals surface area contributed by atoms with Crippen molar-refractivity contribution in [2.75, 3.05) is 40.7 Å². The molecule has 0 saturated heterocycles. The second-order valence-electron chi connectivity index (χ2n) is 5.91. The van der Waals surface area contributed by atoms with E-state index in [2.05, 4.69) is 50.7 Å².